The smallest absolute Gasteiger partial charge is 0.253 e. The lowest BCUT2D eigenvalue weighted by molar-refractivity contribution is -0.149. The van der Waals surface area contributed by atoms with Crippen LogP contribution >= 0.6 is 0 Å². The van der Waals surface area contributed by atoms with Gasteiger partial charge in [0, 0.05) is 43.2 Å². The van der Waals surface area contributed by atoms with Crippen LogP contribution in [-0.2, 0) is 19.1 Å². The van der Waals surface area contributed by atoms with Crippen molar-refractivity contribution in [3.8, 4) is 0 Å². The van der Waals surface area contributed by atoms with Crippen LogP contribution in [0.25, 0.3) is 0 Å². The molecule has 3 unspecified atom stereocenters. The zero-order valence-corrected chi connectivity index (χ0v) is 30.2. The van der Waals surface area contributed by atoms with Crippen LogP contribution in [-0.4, -0.2) is 77.8 Å². The first kappa shape index (κ1) is 36.1. The van der Waals surface area contributed by atoms with Gasteiger partial charge in [0.2, 0.25) is 11.8 Å². The molecule has 1 N–H and O–H groups in total. The summed E-state index contributed by atoms with van der Waals surface area (Å²) in [6, 6.07) is 24.5. The standard InChI is InChI=1S/C42H50N4O5/c1-7-25-44(32-19-15-12-16-20-32)38(48)35-36-39(49)46(34(28-47)30-17-13-11-14-18-30)37(42(36)27-29(5)41(35,6)51-42)40(50)45(26-8-2)33-23-21-31(22-24-33)43(9-3)10-4/h7-8,11-24,29,34-37,47H,1-2,9-10,25-28H2,3-6H3/t29?,34-,35+,36+,37?,41-,42?/m1/s1. The first-order chi connectivity index (χ1) is 24.6. The molecule has 6 rings (SSSR count). The zero-order valence-electron chi connectivity index (χ0n) is 30.2. The average molecular weight is 691 g/mol. The summed E-state index contributed by atoms with van der Waals surface area (Å²) in [5.74, 6) is -2.95. The molecule has 3 aromatic carbocycles. The van der Waals surface area contributed by atoms with Crippen LogP contribution in [0.1, 0.15) is 45.7 Å². The molecule has 268 valence electrons. The lowest BCUT2D eigenvalue weighted by atomic mass is 9.62. The van der Waals surface area contributed by atoms with E-state index >= 15 is 9.59 Å². The number of carbonyl (C=O) groups excluding carboxylic acids is 3. The highest BCUT2D eigenvalue weighted by Crippen LogP contribution is 2.66. The number of amides is 3. The predicted molar refractivity (Wildman–Crippen MR) is 201 cm³/mol. The number of carbonyl (C=O) groups is 3. The Morgan fingerprint density at radius 2 is 1.41 bits per heavy atom. The first-order valence-electron chi connectivity index (χ1n) is 18.0. The average Bonchev–Trinajstić information content (AvgIpc) is 3.67. The molecular formula is C42H50N4O5. The van der Waals surface area contributed by atoms with E-state index in [4.69, 9.17) is 4.74 Å². The maximum atomic E-state index is 15.3. The third-order valence-corrected chi connectivity index (χ3v) is 11.5. The van der Waals surface area contributed by atoms with Crippen molar-refractivity contribution in [2.45, 2.75) is 57.4 Å². The van der Waals surface area contributed by atoms with Crippen LogP contribution in [0, 0.1) is 17.8 Å². The van der Waals surface area contributed by atoms with E-state index in [0.29, 0.717) is 23.4 Å². The lowest BCUT2D eigenvalue weighted by Crippen LogP contribution is -2.57. The van der Waals surface area contributed by atoms with Crippen LogP contribution in [0.5, 0.6) is 0 Å². The Morgan fingerprint density at radius 3 is 1.96 bits per heavy atom. The Hall–Kier alpha value is -4.73. The maximum Gasteiger partial charge on any atom is 0.253 e. The van der Waals surface area contributed by atoms with Crippen molar-refractivity contribution >= 4 is 34.8 Å². The molecule has 7 atom stereocenters. The van der Waals surface area contributed by atoms with E-state index in [1.54, 1.807) is 22.0 Å². The van der Waals surface area contributed by atoms with Crippen LogP contribution in [0.15, 0.2) is 110 Å². The van der Waals surface area contributed by atoms with Crippen molar-refractivity contribution in [1.82, 2.24) is 4.90 Å². The quantitative estimate of drug-likeness (QED) is 0.208. The van der Waals surface area contributed by atoms with Crippen LogP contribution in [0.2, 0.25) is 0 Å². The molecule has 51 heavy (non-hydrogen) atoms. The van der Waals surface area contributed by atoms with E-state index < -0.39 is 41.7 Å². The van der Waals surface area contributed by atoms with Gasteiger partial charge in [-0.1, -0.05) is 67.6 Å². The van der Waals surface area contributed by atoms with Crippen molar-refractivity contribution in [2.75, 3.05) is 47.5 Å². The third-order valence-electron chi connectivity index (χ3n) is 11.5. The molecule has 0 aliphatic carbocycles. The van der Waals surface area contributed by atoms with E-state index in [1.165, 1.54) is 4.90 Å². The van der Waals surface area contributed by atoms with Gasteiger partial charge in [-0.15, -0.1) is 13.2 Å². The zero-order chi connectivity index (χ0) is 36.5. The molecule has 3 aliphatic rings. The number of anilines is 3. The molecule has 0 radical (unpaired) electrons. The topological polar surface area (TPSA) is 93.6 Å². The van der Waals surface area contributed by atoms with Crippen LogP contribution < -0.4 is 14.7 Å². The van der Waals surface area contributed by atoms with Crippen molar-refractivity contribution in [1.29, 1.82) is 0 Å². The molecule has 3 amide bonds. The largest absolute Gasteiger partial charge is 0.394 e. The Bertz CT molecular complexity index is 1750. The number of fused-ring (bicyclic) bond motifs is 1. The van der Waals surface area contributed by atoms with Gasteiger partial charge >= 0.3 is 0 Å². The minimum absolute atomic E-state index is 0.155. The normalized spacial score (nSPS) is 26.8. The van der Waals surface area contributed by atoms with E-state index in [-0.39, 0.29) is 36.7 Å². The molecular weight excluding hydrogens is 640 g/mol. The highest BCUT2D eigenvalue weighted by molar-refractivity contribution is 6.07. The minimum Gasteiger partial charge on any atom is -0.394 e. The van der Waals surface area contributed by atoms with Crippen molar-refractivity contribution in [3.05, 3.63) is 116 Å². The molecule has 3 aromatic rings. The maximum absolute atomic E-state index is 15.3. The number of para-hydroxylation sites is 1. The minimum atomic E-state index is -1.32. The number of benzene rings is 3. The third kappa shape index (κ3) is 5.86. The molecule has 9 heteroatoms. The van der Waals surface area contributed by atoms with E-state index in [2.05, 4.69) is 31.9 Å². The second kappa shape index (κ2) is 14.5. The van der Waals surface area contributed by atoms with Gasteiger partial charge in [-0.3, -0.25) is 14.4 Å². The molecule has 3 aliphatic heterocycles. The summed E-state index contributed by atoms with van der Waals surface area (Å²) in [7, 11) is 0. The summed E-state index contributed by atoms with van der Waals surface area (Å²) >= 11 is 0. The fourth-order valence-electron chi connectivity index (χ4n) is 8.96. The van der Waals surface area contributed by atoms with Gasteiger partial charge in [-0.2, -0.15) is 0 Å². The van der Waals surface area contributed by atoms with Gasteiger partial charge in [0.25, 0.3) is 5.91 Å². The fourth-order valence-corrected chi connectivity index (χ4v) is 8.96. The van der Waals surface area contributed by atoms with Gasteiger partial charge in [-0.05, 0) is 75.1 Å². The Balaban J connectivity index is 1.50. The number of likely N-dealkylation sites (tertiary alicyclic amines) is 1. The molecule has 3 fully saturated rings. The van der Waals surface area contributed by atoms with Gasteiger partial charge < -0.3 is 29.4 Å². The highest BCUT2D eigenvalue weighted by Gasteiger charge is 2.80. The molecule has 9 nitrogen and oxygen atoms in total. The highest BCUT2D eigenvalue weighted by atomic mass is 16.5. The van der Waals surface area contributed by atoms with Crippen molar-refractivity contribution in [3.63, 3.8) is 0 Å². The summed E-state index contributed by atoms with van der Waals surface area (Å²) < 4.78 is 7.09. The molecule has 3 saturated heterocycles. The van der Waals surface area contributed by atoms with E-state index in [9.17, 15) is 9.90 Å². The summed E-state index contributed by atoms with van der Waals surface area (Å²) in [6.07, 6.45) is 3.74. The van der Waals surface area contributed by atoms with Gasteiger partial charge in [0.15, 0.2) is 0 Å². The molecule has 3 heterocycles. The number of hydrogen-bond acceptors (Lipinski definition) is 6. The number of rotatable bonds is 14. The Kier molecular flexibility index (Phi) is 10.2. The van der Waals surface area contributed by atoms with E-state index in [1.807, 2.05) is 98.8 Å². The summed E-state index contributed by atoms with van der Waals surface area (Å²) in [4.78, 5) is 52.5. The monoisotopic (exact) mass is 690 g/mol. The Morgan fingerprint density at radius 1 is 0.882 bits per heavy atom. The van der Waals surface area contributed by atoms with Crippen molar-refractivity contribution in [2.24, 2.45) is 17.8 Å². The van der Waals surface area contributed by atoms with Gasteiger partial charge in [-0.25, -0.2) is 0 Å². The van der Waals surface area contributed by atoms with E-state index in [0.717, 1.165) is 18.8 Å². The predicted octanol–water partition coefficient (Wildman–Crippen LogP) is 6.02. The lowest BCUT2D eigenvalue weighted by Gasteiger charge is -2.39. The molecule has 2 bridgehead atoms. The van der Waals surface area contributed by atoms with Crippen LogP contribution in [0.4, 0.5) is 17.1 Å². The second-order valence-electron chi connectivity index (χ2n) is 14.1. The van der Waals surface area contributed by atoms with Gasteiger partial charge in [0.1, 0.15) is 11.6 Å². The summed E-state index contributed by atoms with van der Waals surface area (Å²) in [5.41, 5.74) is 0.737. The number of hydrogen-bond donors (Lipinski definition) is 1. The SMILES string of the molecule is C=CCN(C(=O)C1N([C@H](CO)c2ccccc2)C(=O)[C@@H]2[C@@H](C(=O)N(CC=C)c3ccccc3)[C@]3(C)OC12CC3C)c1ccc(N(CC)CC)cc1. The number of ether oxygens (including phenoxy) is 1. The number of aliphatic hydroxyl groups is 1. The molecule has 1 spiro atoms. The van der Waals surface area contributed by atoms with Crippen molar-refractivity contribution < 1.29 is 24.2 Å². The number of aliphatic hydroxyl groups excluding tert-OH is 1. The summed E-state index contributed by atoms with van der Waals surface area (Å²) in [6.45, 7) is 17.7. The summed E-state index contributed by atoms with van der Waals surface area (Å²) in [5, 5.41) is 11.0. The van der Waals surface area contributed by atoms with Crippen LogP contribution in [0.3, 0.4) is 0 Å². The van der Waals surface area contributed by atoms with Gasteiger partial charge in [0.05, 0.1) is 30.1 Å². The first-order valence-corrected chi connectivity index (χ1v) is 18.0. The second-order valence-corrected chi connectivity index (χ2v) is 14.1. The Labute approximate surface area is 301 Å². The number of nitrogens with zero attached hydrogens (tertiary/aromatic N) is 4. The molecule has 0 aromatic heterocycles. The molecule has 0 saturated carbocycles. The fraction of sp³-hybridized carbons (Fsp3) is 0.405.